The molecule has 82 valence electrons. The molecule has 1 aliphatic rings. The summed E-state index contributed by atoms with van der Waals surface area (Å²) < 4.78 is 0. The van der Waals surface area contributed by atoms with E-state index in [1.54, 1.807) is 11.1 Å². The highest BCUT2D eigenvalue weighted by molar-refractivity contribution is 5.34. The second kappa shape index (κ2) is 4.80. The van der Waals surface area contributed by atoms with Crippen LogP contribution in [0.2, 0.25) is 0 Å². The normalized spacial score (nSPS) is 21.3. The molecule has 15 heavy (non-hydrogen) atoms. The predicted octanol–water partition coefficient (Wildman–Crippen LogP) is 3.10. The van der Waals surface area contributed by atoms with Gasteiger partial charge in [0, 0.05) is 12.6 Å². The molecule has 1 aliphatic carbocycles. The molecule has 1 N–H and O–H groups in total. The van der Waals surface area contributed by atoms with Crippen LogP contribution < -0.4 is 5.32 Å². The van der Waals surface area contributed by atoms with Crippen molar-refractivity contribution in [2.24, 2.45) is 0 Å². The lowest BCUT2D eigenvalue weighted by Gasteiger charge is -2.16. The average Bonchev–Trinajstić information content (AvgIpc) is 2.69. The van der Waals surface area contributed by atoms with Crippen LogP contribution in [0.5, 0.6) is 0 Å². The highest BCUT2D eigenvalue weighted by Crippen LogP contribution is 2.32. The molecule has 2 unspecified atom stereocenters. The Morgan fingerprint density at radius 3 is 3.00 bits per heavy atom. The fraction of sp³-hybridized carbons (Fsp3) is 0.571. The van der Waals surface area contributed by atoms with Crippen LogP contribution in [-0.2, 0) is 6.42 Å². The Balaban J connectivity index is 1.96. The average molecular weight is 203 g/mol. The van der Waals surface area contributed by atoms with Crippen molar-refractivity contribution in [3.63, 3.8) is 0 Å². The largest absolute Gasteiger partial charge is 0.314 e. The Hall–Kier alpha value is -0.820. The van der Waals surface area contributed by atoms with Crippen LogP contribution in [0, 0.1) is 0 Å². The van der Waals surface area contributed by atoms with Gasteiger partial charge in [-0.1, -0.05) is 31.2 Å². The summed E-state index contributed by atoms with van der Waals surface area (Å²) in [6, 6.07) is 9.55. The summed E-state index contributed by atoms with van der Waals surface area (Å²) in [4.78, 5) is 0. The standard InChI is InChI=1S/C14H21N/c1-3-11(2)15-10-13-9-8-12-6-4-5-7-14(12)13/h4-7,11,13,15H,3,8-10H2,1-2H3. The second-order valence-corrected chi connectivity index (χ2v) is 4.65. The van der Waals surface area contributed by atoms with E-state index in [2.05, 4.69) is 43.4 Å². The van der Waals surface area contributed by atoms with E-state index in [0.717, 1.165) is 12.5 Å². The van der Waals surface area contributed by atoms with Gasteiger partial charge in [0.15, 0.2) is 0 Å². The quantitative estimate of drug-likeness (QED) is 0.793. The van der Waals surface area contributed by atoms with Crippen molar-refractivity contribution in [3.8, 4) is 0 Å². The van der Waals surface area contributed by atoms with Gasteiger partial charge in [0.05, 0.1) is 0 Å². The summed E-state index contributed by atoms with van der Waals surface area (Å²) >= 11 is 0. The van der Waals surface area contributed by atoms with Crippen LogP contribution in [0.4, 0.5) is 0 Å². The molecule has 1 heteroatoms. The Morgan fingerprint density at radius 2 is 2.20 bits per heavy atom. The molecule has 0 saturated heterocycles. The Kier molecular flexibility index (Phi) is 3.42. The van der Waals surface area contributed by atoms with Gasteiger partial charge in [-0.2, -0.15) is 0 Å². The molecule has 1 aromatic carbocycles. The molecule has 0 radical (unpaired) electrons. The highest BCUT2D eigenvalue weighted by atomic mass is 14.9. The maximum absolute atomic E-state index is 3.62. The summed E-state index contributed by atoms with van der Waals surface area (Å²) in [5.74, 6) is 0.746. The van der Waals surface area contributed by atoms with E-state index in [1.165, 1.54) is 19.3 Å². The van der Waals surface area contributed by atoms with E-state index < -0.39 is 0 Å². The van der Waals surface area contributed by atoms with E-state index in [-0.39, 0.29) is 0 Å². The van der Waals surface area contributed by atoms with Crippen LogP contribution in [0.25, 0.3) is 0 Å². The Bertz CT molecular complexity index is 319. The first kappa shape index (κ1) is 10.7. The van der Waals surface area contributed by atoms with Gasteiger partial charge < -0.3 is 5.32 Å². The van der Waals surface area contributed by atoms with Gasteiger partial charge in [-0.25, -0.2) is 0 Å². The first-order valence-corrected chi connectivity index (χ1v) is 6.12. The molecule has 2 rings (SSSR count). The van der Waals surface area contributed by atoms with E-state index in [9.17, 15) is 0 Å². The number of rotatable bonds is 4. The lowest BCUT2D eigenvalue weighted by Crippen LogP contribution is -2.29. The molecular weight excluding hydrogens is 182 g/mol. The maximum Gasteiger partial charge on any atom is 0.00363 e. The topological polar surface area (TPSA) is 12.0 Å². The third-order valence-corrected chi connectivity index (χ3v) is 3.58. The van der Waals surface area contributed by atoms with Crippen LogP contribution in [-0.4, -0.2) is 12.6 Å². The fourth-order valence-electron chi connectivity index (χ4n) is 2.35. The zero-order valence-corrected chi connectivity index (χ0v) is 9.79. The molecule has 0 amide bonds. The molecule has 0 fully saturated rings. The van der Waals surface area contributed by atoms with Crippen LogP contribution in [0.3, 0.4) is 0 Å². The van der Waals surface area contributed by atoms with Crippen LogP contribution in [0.1, 0.15) is 43.7 Å². The SMILES string of the molecule is CCC(C)NCC1CCc2ccccc21. The zero-order valence-electron chi connectivity index (χ0n) is 9.79. The van der Waals surface area contributed by atoms with Gasteiger partial charge >= 0.3 is 0 Å². The fourth-order valence-corrected chi connectivity index (χ4v) is 2.35. The van der Waals surface area contributed by atoms with E-state index in [1.807, 2.05) is 0 Å². The summed E-state index contributed by atoms with van der Waals surface area (Å²) in [5.41, 5.74) is 3.14. The molecular formula is C14H21N. The number of nitrogens with one attached hydrogen (secondary N) is 1. The molecule has 0 aromatic heterocycles. The minimum absolute atomic E-state index is 0.651. The molecule has 0 aliphatic heterocycles. The van der Waals surface area contributed by atoms with Gasteiger partial charge in [-0.05, 0) is 43.2 Å². The van der Waals surface area contributed by atoms with Crippen molar-refractivity contribution in [3.05, 3.63) is 35.4 Å². The van der Waals surface area contributed by atoms with Crippen LogP contribution in [0.15, 0.2) is 24.3 Å². The minimum atomic E-state index is 0.651. The van der Waals surface area contributed by atoms with Crippen molar-refractivity contribution >= 4 is 0 Å². The van der Waals surface area contributed by atoms with Crippen molar-refractivity contribution in [2.45, 2.75) is 45.1 Å². The summed E-state index contributed by atoms with van der Waals surface area (Å²) in [7, 11) is 0. The smallest absolute Gasteiger partial charge is 0.00363 e. The molecule has 1 nitrogen and oxygen atoms in total. The Morgan fingerprint density at radius 1 is 1.40 bits per heavy atom. The summed E-state index contributed by atoms with van der Waals surface area (Å²) in [6.07, 6.45) is 3.81. The van der Waals surface area contributed by atoms with Crippen molar-refractivity contribution in [1.82, 2.24) is 5.32 Å². The highest BCUT2D eigenvalue weighted by Gasteiger charge is 2.21. The molecule has 0 saturated carbocycles. The van der Waals surface area contributed by atoms with Gasteiger partial charge in [0.25, 0.3) is 0 Å². The lowest BCUT2D eigenvalue weighted by atomic mass is 10.0. The van der Waals surface area contributed by atoms with E-state index in [0.29, 0.717) is 6.04 Å². The van der Waals surface area contributed by atoms with E-state index >= 15 is 0 Å². The second-order valence-electron chi connectivity index (χ2n) is 4.65. The van der Waals surface area contributed by atoms with Crippen LogP contribution >= 0.6 is 0 Å². The monoisotopic (exact) mass is 203 g/mol. The molecule has 1 aromatic rings. The number of fused-ring (bicyclic) bond motifs is 1. The van der Waals surface area contributed by atoms with Gasteiger partial charge in [0.1, 0.15) is 0 Å². The van der Waals surface area contributed by atoms with Crippen molar-refractivity contribution in [2.75, 3.05) is 6.54 Å². The van der Waals surface area contributed by atoms with Crippen molar-refractivity contribution in [1.29, 1.82) is 0 Å². The number of benzene rings is 1. The van der Waals surface area contributed by atoms with Gasteiger partial charge in [-0.3, -0.25) is 0 Å². The number of hydrogen-bond acceptors (Lipinski definition) is 1. The summed E-state index contributed by atoms with van der Waals surface area (Å²) in [5, 5.41) is 3.62. The number of hydrogen-bond donors (Lipinski definition) is 1. The number of aryl methyl sites for hydroxylation is 1. The first-order chi connectivity index (χ1) is 7.31. The molecule has 2 atom stereocenters. The van der Waals surface area contributed by atoms with Crippen molar-refractivity contribution < 1.29 is 0 Å². The first-order valence-electron chi connectivity index (χ1n) is 6.12. The third-order valence-electron chi connectivity index (χ3n) is 3.58. The molecule has 0 heterocycles. The summed E-state index contributed by atoms with van der Waals surface area (Å²) in [6.45, 7) is 5.65. The molecule has 0 bridgehead atoms. The predicted molar refractivity (Wildman–Crippen MR) is 65.3 cm³/mol. The van der Waals surface area contributed by atoms with Gasteiger partial charge in [0.2, 0.25) is 0 Å². The minimum Gasteiger partial charge on any atom is -0.314 e. The Labute approximate surface area is 92.9 Å². The maximum atomic E-state index is 3.62. The van der Waals surface area contributed by atoms with E-state index in [4.69, 9.17) is 0 Å². The lowest BCUT2D eigenvalue weighted by molar-refractivity contribution is 0.493. The zero-order chi connectivity index (χ0) is 10.7. The molecule has 0 spiro atoms. The third kappa shape index (κ3) is 2.40. The van der Waals surface area contributed by atoms with Gasteiger partial charge in [-0.15, -0.1) is 0 Å².